The van der Waals surface area contributed by atoms with Crippen molar-refractivity contribution >= 4 is 32.2 Å². The molecule has 0 saturated carbocycles. The van der Waals surface area contributed by atoms with E-state index in [-0.39, 0.29) is 22.2 Å². The van der Waals surface area contributed by atoms with Crippen LogP contribution in [0.2, 0.25) is 18.1 Å². The van der Waals surface area contributed by atoms with Crippen LogP contribution in [0, 0.1) is 11.2 Å². The van der Waals surface area contributed by atoms with Crippen LogP contribution in [0.1, 0.15) is 42.9 Å². The van der Waals surface area contributed by atoms with Crippen LogP contribution in [0.4, 0.5) is 0 Å². The summed E-state index contributed by atoms with van der Waals surface area (Å²) < 4.78 is 31.5. The molecule has 2 N–H and O–H groups in total. The van der Waals surface area contributed by atoms with Crippen LogP contribution in [-0.4, -0.2) is 71.8 Å². The fourth-order valence-electron chi connectivity index (χ4n) is 4.84. The van der Waals surface area contributed by atoms with Crippen molar-refractivity contribution in [3.05, 3.63) is 53.8 Å². The number of fused-ring (bicyclic) bond motifs is 2. The van der Waals surface area contributed by atoms with E-state index < -0.39 is 53.8 Å². The maximum atomic E-state index is 14.2. The number of ketones is 1. The monoisotopic (exact) mass is 543 g/mol. The molecule has 198 valence electrons. The Morgan fingerprint density at radius 3 is 2.43 bits per heavy atom. The SMILES string of the molecule is CN(C)[C@@H]1c2onc(OB=N)c2C(=O)[C@@]2(O)[C@H](O[Si](C)(C)C(C)(C)C)[C@H](S(=O)c3ccccc3)C=C[C@@H]12. The van der Waals surface area contributed by atoms with Crippen molar-refractivity contribution in [2.45, 2.75) is 66.8 Å². The molecule has 1 unspecified atom stereocenters. The molecular formula is C25H34BN3O6SSi. The number of aromatic nitrogens is 1. The average Bonchev–Trinajstić information content (AvgIpc) is 3.23. The van der Waals surface area contributed by atoms with Crippen LogP contribution in [0.5, 0.6) is 5.88 Å². The fourth-order valence-corrected chi connectivity index (χ4v) is 7.72. The van der Waals surface area contributed by atoms with E-state index >= 15 is 0 Å². The van der Waals surface area contributed by atoms with Gasteiger partial charge in [0.2, 0.25) is 0 Å². The Labute approximate surface area is 221 Å². The molecule has 9 nitrogen and oxygen atoms in total. The fraction of sp³-hybridized carbons (Fsp3) is 0.520. The van der Waals surface area contributed by atoms with Crippen molar-refractivity contribution in [2.24, 2.45) is 5.92 Å². The van der Waals surface area contributed by atoms with Crippen molar-refractivity contribution in [1.29, 1.82) is 5.31 Å². The van der Waals surface area contributed by atoms with E-state index in [0.717, 1.165) is 0 Å². The van der Waals surface area contributed by atoms with E-state index in [2.05, 4.69) is 25.9 Å². The van der Waals surface area contributed by atoms with Crippen molar-refractivity contribution in [3.63, 3.8) is 0 Å². The van der Waals surface area contributed by atoms with E-state index in [9.17, 15) is 14.1 Å². The van der Waals surface area contributed by atoms with Gasteiger partial charge in [-0.05, 0) is 0 Å². The first-order valence-electron chi connectivity index (χ1n) is 12.2. The molecule has 0 saturated heterocycles. The molecule has 1 heterocycles. The summed E-state index contributed by atoms with van der Waals surface area (Å²) in [5.74, 6) is -1.37. The normalized spacial score (nSPS) is 28.4. The third kappa shape index (κ3) is 4.52. The number of carbonyl (C=O) groups excluding carboxylic acids is 1. The van der Waals surface area contributed by atoms with Crippen molar-refractivity contribution in [1.82, 2.24) is 10.1 Å². The molecule has 0 radical (unpaired) electrons. The van der Waals surface area contributed by atoms with Crippen molar-refractivity contribution in [3.8, 4) is 5.88 Å². The standard InChI is InChI=1S/C25H34BN3O6SSi/c1-24(2,3)37(6,7)35-22-17(36(32)15-11-9-8-10-12-15)14-13-16-19(29(4)5)20-18(21(30)25(16,22)31)23(28-34-20)33-26-27/h8-14,16-17,19,22,27,31H,1-7H3/t16-,17+,19-,22+,25+,36?/m0/s1. The van der Waals surface area contributed by atoms with Gasteiger partial charge < -0.3 is 0 Å². The molecule has 6 atom stereocenters. The number of hydrogen-bond donors (Lipinski definition) is 2. The molecule has 12 heteroatoms. The summed E-state index contributed by atoms with van der Waals surface area (Å²) in [6.07, 6.45) is 2.44. The maximum absolute atomic E-state index is 14.2. The zero-order chi connectivity index (χ0) is 27.3. The molecule has 2 aromatic rings. The van der Waals surface area contributed by atoms with Crippen LogP contribution in [0.25, 0.3) is 0 Å². The molecule has 1 aromatic heterocycles. The molecule has 2 aliphatic carbocycles. The number of nitrogens with zero attached hydrogens (tertiary/aromatic N) is 2. The average molecular weight is 544 g/mol. The molecule has 1 aromatic carbocycles. The second-order valence-corrected chi connectivity index (χ2v) is 17.7. The van der Waals surface area contributed by atoms with Crippen molar-refractivity contribution in [2.75, 3.05) is 14.1 Å². The predicted octanol–water partition coefficient (Wildman–Crippen LogP) is 3.72. The molecule has 0 fully saturated rings. The van der Waals surface area contributed by atoms with Gasteiger partial charge in [0.05, 0.1) is 0 Å². The summed E-state index contributed by atoms with van der Waals surface area (Å²) in [5, 5.41) is 22.7. The Kier molecular flexibility index (Phi) is 7.36. The van der Waals surface area contributed by atoms with E-state index in [1.54, 1.807) is 36.4 Å². The number of hydrogen-bond acceptors (Lipinski definition) is 9. The molecule has 37 heavy (non-hydrogen) atoms. The number of rotatable bonds is 7. The van der Waals surface area contributed by atoms with Gasteiger partial charge in [0, 0.05) is 0 Å². The summed E-state index contributed by atoms with van der Waals surface area (Å²) in [6, 6.07) is 8.40. The molecule has 0 bridgehead atoms. The van der Waals surface area contributed by atoms with Gasteiger partial charge in [0.1, 0.15) is 0 Å². The first-order chi connectivity index (χ1) is 17.3. The van der Waals surface area contributed by atoms with Gasteiger partial charge in [-0.25, -0.2) is 0 Å². The summed E-state index contributed by atoms with van der Waals surface area (Å²) in [7, 11) is 0.0816. The number of Topliss-reactive ketones (excluding diaryl/α,β-unsaturated/α-hetero) is 1. The van der Waals surface area contributed by atoms with Crippen LogP contribution >= 0.6 is 0 Å². The van der Waals surface area contributed by atoms with Gasteiger partial charge in [0.15, 0.2) is 0 Å². The van der Waals surface area contributed by atoms with Crippen LogP contribution in [0.15, 0.2) is 51.9 Å². The Morgan fingerprint density at radius 1 is 1.22 bits per heavy atom. The van der Waals surface area contributed by atoms with Crippen LogP contribution < -0.4 is 4.65 Å². The zero-order valence-corrected chi connectivity index (χ0v) is 24.0. The number of carbonyl (C=O) groups is 1. The molecule has 0 amide bonds. The van der Waals surface area contributed by atoms with Crippen LogP contribution in [0.3, 0.4) is 0 Å². The molecule has 0 spiro atoms. The second-order valence-electron chi connectivity index (χ2n) is 11.3. The van der Waals surface area contributed by atoms with Gasteiger partial charge in [0.25, 0.3) is 0 Å². The summed E-state index contributed by atoms with van der Waals surface area (Å²) >= 11 is 0. The van der Waals surface area contributed by atoms with E-state index in [0.29, 0.717) is 12.2 Å². The van der Waals surface area contributed by atoms with Gasteiger partial charge in [-0.1, -0.05) is 0 Å². The Balaban J connectivity index is 1.94. The molecule has 4 rings (SSSR count). The predicted molar refractivity (Wildman–Crippen MR) is 143 cm³/mol. The Hall–Kier alpha value is -2.25. The summed E-state index contributed by atoms with van der Waals surface area (Å²) in [6.45, 7) is 10.3. The van der Waals surface area contributed by atoms with Gasteiger partial charge in [-0.2, -0.15) is 0 Å². The minimum absolute atomic E-state index is 0.0238. The quantitative estimate of drug-likeness (QED) is 0.400. The van der Waals surface area contributed by atoms with Gasteiger partial charge in [-0.15, -0.1) is 0 Å². The zero-order valence-electron chi connectivity index (χ0n) is 22.2. The first-order valence-corrected chi connectivity index (χ1v) is 16.3. The minimum atomic E-state index is -2.59. The molecule has 0 aliphatic heterocycles. The second kappa shape index (κ2) is 9.81. The summed E-state index contributed by atoms with van der Waals surface area (Å²) in [4.78, 5) is 16.6. The molecular weight excluding hydrogens is 509 g/mol. The Bertz CT molecular complexity index is 1240. The van der Waals surface area contributed by atoms with E-state index in [1.807, 2.05) is 38.2 Å². The van der Waals surface area contributed by atoms with E-state index in [1.165, 1.54) is 0 Å². The third-order valence-electron chi connectivity index (χ3n) is 7.81. The molecule has 2 aliphatic rings. The van der Waals surface area contributed by atoms with Gasteiger partial charge in [-0.3, -0.25) is 0 Å². The number of aliphatic hydroxyl groups is 1. The third-order valence-corrected chi connectivity index (χ3v) is 13.9. The van der Waals surface area contributed by atoms with Gasteiger partial charge >= 0.3 is 222 Å². The Morgan fingerprint density at radius 2 is 1.86 bits per heavy atom. The van der Waals surface area contributed by atoms with E-state index in [4.69, 9.17) is 18.9 Å². The van der Waals surface area contributed by atoms with Crippen molar-refractivity contribution < 1.29 is 27.7 Å². The summed E-state index contributed by atoms with van der Waals surface area (Å²) in [5.41, 5.74) is -2.11. The number of nitrogens with one attached hydrogen (secondary N) is 1. The first kappa shape index (κ1) is 27.8. The topological polar surface area (TPSA) is 126 Å². The van der Waals surface area contributed by atoms with Crippen LogP contribution in [-0.2, 0) is 15.2 Å². The number of benzene rings is 1.